The normalized spacial score (nSPS) is 28.8. The second-order valence-corrected chi connectivity index (χ2v) is 7.41. The summed E-state index contributed by atoms with van der Waals surface area (Å²) in [4.78, 5) is 12.0. The van der Waals surface area contributed by atoms with Crippen molar-refractivity contribution in [2.75, 3.05) is 6.26 Å². The number of benzene rings is 1. The number of carbonyl (C=O) groups excluding carboxylic acids is 1. The molecule has 2 aliphatic carbocycles. The maximum absolute atomic E-state index is 12.0. The van der Waals surface area contributed by atoms with Gasteiger partial charge in [0.15, 0.2) is 0 Å². The average Bonchev–Trinajstić information content (AvgIpc) is 3.03. The molecule has 2 atom stereocenters. The van der Waals surface area contributed by atoms with Crippen molar-refractivity contribution < 1.29 is 13.2 Å². The molecule has 1 aromatic rings. The zero-order valence-corrected chi connectivity index (χ0v) is 11.7. The van der Waals surface area contributed by atoms with Crippen LogP contribution in [0.2, 0.25) is 0 Å². The maximum Gasteiger partial charge on any atom is 0.237 e. The maximum atomic E-state index is 12.0. The van der Waals surface area contributed by atoms with Crippen molar-refractivity contribution in [2.45, 2.75) is 31.1 Å². The van der Waals surface area contributed by atoms with Crippen LogP contribution in [-0.2, 0) is 26.7 Å². The fraction of sp³-hybridized carbons (Fsp3) is 0.500. The summed E-state index contributed by atoms with van der Waals surface area (Å²) < 4.78 is 24.4. The van der Waals surface area contributed by atoms with E-state index in [0.29, 0.717) is 0 Å². The second kappa shape index (κ2) is 4.07. The van der Waals surface area contributed by atoms with Crippen molar-refractivity contribution >= 4 is 15.9 Å². The summed E-state index contributed by atoms with van der Waals surface area (Å²) in [6.45, 7) is 0. The average molecular weight is 279 g/mol. The highest BCUT2D eigenvalue weighted by Gasteiger charge is 2.60. The van der Waals surface area contributed by atoms with E-state index in [-0.39, 0.29) is 17.2 Å². The van der Waals surface area contributed by atoms with E-state index in [1.54, 1.807) is 0 Å². The van der Waals surface area contributed by atoms with Crippen LogP contribution in [0.5, 0.6) is 0 Å². The number of nitrogens with one attached hydrogen (secondary N) is 1. The Morgan fingerprint density at radius 1 is 1.37 bits per heavy atom. The molecule has 1 saturated carbocycles. The standard InChI is InChI=1S/C14H17NO3S/c1-19(17,18)15-13(16)12-9-14(12)8-4-6-10-5-2-3-7-11(10)14/h2-3,5,7,12H,4,6,8-9H2,1H3,(H,15,16). The van der Waals surface area contributed by atoms with Crippen LogP contribution in [0.4, 0.5) is 0 Å². The summed E-state index contributed by atoms with van der Waals surface area (Å²) in [5.74, 6) is -0.539. The molecular weight excluding hydrogens is 262 g/mol. The first kappa shape index (κ1) is 12.7. The highest BCUT2D eigenvalue weighted by molar-refractivity contribution is 7.89. The fourth-order valence-corrected chi connectivity index (χ4v) is 3.94. The molecule has 2 aliphatic rings. The van der Waals surface area contributed by atoms with Gasteiger partial charge in [-0.2, -0.15) is 0 Å². The van der Waals surface area contributed by atoms with Crippen LogP contribution in [0.25, 0.3) is 0 Å². The molecule has 19 heavy (non-hydrogen) atoms. The van der Waals surface area contributed by atoms with Gasteiger partial charge in [-0.15, -0.1) is 0 Å². The molecule has 5 heteroatoms. The number of hydrogen-bond donors (Lipinski definition) is 1. The van der Waals surface area contributed by atoms with Crippen molar-refractivity contribution in [3.05, 3.63) is 35.4 Å². The quantitative estimate of drug-likeness (QED) is 0.889. The molecule has 0 saturated heterocycles. The molecule has 0 aromatic heterocycles. The molecule has 1 aromatic carbocycles. The van der Waals surface area contributed by atoms with Crippen molar-refractivity contribution in [1.82, 2.24) is 4.72 Å². The number of sulfonamides is 1. The van der Waals surface area contributed by atoms with Gasteiger partial charge in [0.25, 0.3) is 0 Å². The van der Waals surface area contributed by atoms with Gasteiger partial charge in [-0.05, 0) is 36.8 Å². The van der Waals surface area contributed by atoms with Gasteiger partial charge in [-0.3, -0.25) is 9.52 Å². The van der Waals surface area contributed by atoms with Crippen molar-refractivity contribution in [2.24, 2.45) is 5.92 Å². The Kier molecular flexibility index (Phi) is 2.71. The van der Waals surface area contributed by atoms with Gasteiger partial charge in [-0.1, -0.05) is 24.3 Å². The van der Waals surface area contributed by atoms with Gasteiger partial charge < -0.3 is 0 Å². The molecule has 102 valence electrons. The van der Waals surface area contributed by atoms with E-state index in [9.17, 15) is 13.2 Å². The first-order chi connectivity index (χ1) is 8.92. The van der Waals surface area contributed by atoms with E-state index in [1.165, 1.54) is 11.1 Å². The van der Waals surface area contributed by atoms with Crippen LogP contribution >= 0.6 is 0 Å². The van der Waals surface area contributed by atoms with Crippen molar-refractivity contribution in [1.29, 1.82) is 0 Å². The smallest absolute Gasteiger partial charge is 0.237 e. The number of rotatable bonds is 2. The predicted octanol–water partition coefficient (Wildman–Crippen LogP) is 1.36. The van der Waals surface area contributed by atoms with Crippen LogP contribution in [0.15, 0.2) is 24.3 Å². The van der Waals surface area contributed by atoms with Gasteiger partial charge in [0.2, 0.25) is 15.9 Å². The highest BCUT2D eigenvalue weighted by Crippen LogP contribution is 2.60. The monoisotopic (exact) mass is 279 g/mol. The lowest BCUT2D eigenvalue weighted by atomic mass is 9.78. The Balaban J connectivity index is 1.87. The second-order valence-electron chi connectivity index (χ2n) is 5.66. The molecule has 3 rings (SSSR count). The molecule has 0 radical (unpaired) electrons. The molecule has 0 aliphatic heterocycles. The van der Waals surface area contributed by atoms with E-state index in [0.717, 1.165) is 31.9 Å². The Labute approximate surface area is 113 Å². The Hall–Kier alpha value is -1.36. The largest absolute Gasteiger partial charge is 0.274 e. The predicted molar refractivity (Wildman–Crippen MR) is 72.2 cm³/mol. The Morgan fingerprint density at radius 2 is 2.11 bits per heavy atom. The van der Waals surface area contributed by atoms with Crippen molar-refractivity contribution in [3.8, 4) is 0 Å². The highest BCUT2D eigenvalue weighted by atomic mass is 32.2. The third-order valence-corrected chi connectivity index (χ3v) is 4.87. The minimum Gasteiger partial charge on any atom is -0.274 e. The first-order valence-electron chi connectivity index (χ1n) is 6.52. The molecule has 0 heterocycles. The lowest BCUT2D eigenvalue weighted by Gasteiger charge is -2.26. The fourth-order valence-electron chi connectivity index (χ4n) is 3.43. The summed E-state index contributed by atoms with van der Waals surface area (Å²) >= 11 is 0. The number of fused-ring (bicyclic) bond motifs is 2. The Morgan fingerprint density at radius 3 is 2.84 bits per heavy atom. The van der Waals surface area contributed by atoms with E-state index in [4.69, 9.17) is 0 Å². The zero-order chi connectivity index (χ0) is 13.7. The lowest BCUT2D eigenvalue weighted by Crippen LogP contribution is -2.33. The van der Waals surface area contributed by atoms with Gasteiger partial charge in [0, 0.05) is 11.3 Å². The summed E-state index contributed by atoms with van der Waals surface area (Å²) in [7, 11) is -3.46. The molecular formula is C14H17NO3S. The van der Waals surface area contributed by atoms with Crippen molar-refractivity contribution in [3.63, 3.8) is 0 Å². The van der Waals surface area contributed by atoms with Crippen LogP contribution in [0.3, 0.4) is 0 Å². The summed E-state index contributed by atoms with van der Waals surface area (Å²) in [5.41, 5.74) is 2.45. The number of aryl methyl sites for hydroxylation is 1. The third kappa shape index (κ3) is 2.16. The number of amides is 1. The van der Waals surface area contributed by atoms with Crippen LogP contribution in [0.1, 0.15) is 30.4 Å². The minimum atomic E-state index is -3.46. The van der Waals surface area contributed by atoms with E-state index in [1.807, 2.05) is 12.1 Å². The minimum absolute atomic E-state index is 0.108. The van der Waals surface area contributed by atoms with Crippen LogP contribution in [-0.4, -0.2) is 20.6 Å². The summed E-state index contributed by atoms with van der Waals surface area (Å²) in [6, 6.07) is 8.21. The zero-order valence-electron chi connectivity index (χ0n) is 10.8. The van der Waals surface area contributed by atoms with Crippen LogP contribution < -0.4 is 4.72 Å². The number of carbonyl (C=O) groups is 1. The molecule has 2 unspecified atom stereocenters. The van der Waals surface area contributed by atoms with Gasteiger partial charge in [0.05, 0.1) is 6.26 Å². The molecule has 1 N–H and O–H groups in total. The Bertz CT molecular complexity index is 638. The van der Waals surface area contributed by atoms with Gasteiger partial charge in [-0.25, -0.2) is 8.42 Å². The van der Waals surface area contributed by atoms with Gasteiger partial charge in [0.1, 0.15) is 0 Å². The topological polar surface area (TPSA) is 63.2 Å². The number of hydrogen-bond acceptors (Lipinski definition) is 3. The molecule has 0 bridgehead atoms. The first-order valence-corrected chi connectivity index (χ1v) is 8.41. The summed E-state index contributed by atoms with van der Waals surface area (Å²) in [6.07, 6.45) is 4.89. The third-order valence-electron chi connectivity index (χ3n) is 4.30. The van der Waals surface area contributed by atoms with E-state index < -0.39 is 10.0 Å². The lowest BCUT2D eigenvalue weighted by molar-refractivity contribution is -0.121. The molecule has 1 amide bonds. The van der Waals surface area contributed by atoms with Gasteiger partial charge >= 0.3 is 0 Å². The van der Waals surface area contributed by atoms with E-state index >= 15 is 0 Å². The molecule has 4 nitrogen and oxygen atoms in total. The SMILES string of the molecule is CS(=O)(=O)NC(=O)C1CC12CCCc1ccccc12. The molecule has 1 fully saturated rings. The molecule has 1 spiro atoms. The summed E-state index contributed by atoms with van der Waals surface area (Å²) in [5, 5.41) is 0. The van der Waals surface area contributed by atoms with Crippen LogP contribution in [0, 0.1) is 5.92 Å². The van der Waals surface area contributed by atoms with E-state index in [2.05, 4.69) is 16.9 Å².